The fraction of sp³-hybridized carbons (Fsp3) is 0. The predicted octanol–water partition coefficient (Wildman–Crippen LogP) is 3.78. The molecule has 2 aromatic rings. The lowest BCUT2D eigenvalue weighted by Gasteiger charge is -1.97. The van der Waals surface area contributed by atoms with E-state index in [0.29, 0.717) is 10.6 Å². The average Bonchev–Trinajstić information content (AvgIpc) is 2.46. The number of carbonyl (C=O) groups is 1. The molecule has 0 aliphatic heterocycles. The van der Waals surface area contributed by atoms with E-state index in [2.05, 4.69) is 0 Å². The number of primary amides is 1. The van der Waals surface area contributed by atoms with E-state index in [0.717, 1.165) is 17.5 Å². The Morgan fingerprint density at radius 1 is 1.12 bits per heavy atom. The Kier molecular flexibility index (Phi) is 7.37. The molecule has 0 bridgehead atoms. The molecule has 0 heterocycles. The Bertz CT molecular complexity index is 852. The topological polar surface area (TPSA) is 97.5 Å². The molecule has 0 saturated carbocycles. The van der Waals surface area contributed by atoms with Gasteiger partial charge in [-0.2, -0.15) is 8.42 Å². The second-order valence-electron chi connectivity index (χ2n) is 4.36. The van der Waals surface area contributed by atoms with E-state index in [4.69, 9.17) is 33.5 Å². The van der Waals surface area contributed by atoms with Gasteiger partial charge in [0.15, 0.2) is 0 Å². The number of hydrogen-bond acceptors (Lipinski definition) is 3. The second-order valence-corrected chi connectivity index (χ2v) is 6.50. The van der Waals surface area contributed by atoms with Crippen LogP contribution in [0.5, 0.6) is 0 Å². The van der Waals surface area contributed by atoms with Crippen LogP contribution in [-0.4, -0.2) is 18.9 Å². The third-order valence-electron chi connectivity index (χ3n) is 2.50. The third-order valence-corrected chi connectivity index (χ3v) is 3.54. The Labute approximate surface area is 148 Å². The number of nitrogens with two attached hydrogens (primary N) is 1. The van der Waals surface area contributed by atoms with Crippen LogP contribution in [0.2, 0.25) is 10.0 Å². The van der Waals surface area contributed by atoms with Gasteiger partial charge in [-0.15, -0.1) is 0 Å². The monoisotopic (exact) mass is 391 g/mol. The molecule has 0 saturated heterocycles. The van der Waals surface area contributed by atoms with Crippen LogP contribution < -0.4 is 5.73 Å². The SMILES string of the molecule is NC(=O)c1ccc(F)cc1Cl.O=S(=O)(O)/C=C/c1ccc(Cl)cc1. The van der Waals surface area contributed by atoms with E-state index in [1.807, 2.05) is 0 Å². The van der Waals surface area contributed by atoms with Crippen molar-refractivity contribution < 1.29 is 22.2 Å². The summed E-state index contributed by atoms with van der Waals surface area (Å²) in [5.74, 6) is -1.14. The van der Waals surface area contributed by atoms with Crippen LogP contribution in [-0.2, 0) is 10.1 Å². The molecule has 2 aromatic carbocycles. The summed E-state index contributed by atoms with van der Waals surface area (Å²) in [6.45, 7) is 0. The summed E-state index contributed by atoms with van der Waals surface area (Å²) in [5, 5.41) is 1.33. The van der Waals surface area contributed by atoms with Crippen molar-refractivity contribution in [3.05, 3.63) is 74.9 Å². The zero-order chi connectivity index (χ0) is 18.3. The van der Waals surface area contributed by atoms with E-state index < -0.39 is 21.8 Å². The van der Waals surface area contributed by atoms with Crippen molar-refractivity contribution in [1.82, 2.24) is 0 Å². The molecule has 128 valence electrons. The van der Waals surface area contributed by atoms with Gasteiger partial charge >= 0.3 is 0 Å². The lowest BCUT2D eigenvalue weighted by atomic mass is 10.2. The summed E-state index contributed by atoms with van der Waals surface area (Å²) in [5.41, 5.74) is 5.71. The highest BCUT2D eigenvalue weighted by Gasteiger charge is 2.05. The van der Waals surface area contributed by atoms with Gasteiger partial charge in [0.1, 0.15) is 5.82 Å². The summed E-state index contributed by atoms with van der Waals surface area (Å²) in [6.07, 6.45) is 1.28. The van der Waals surface area contributed by atoms with Gasteiger partial charge in [-0.1, -0.05) is 35.3 Å². The van der Waals surface area contributed by atoms with Gasteiger partial charge in [-0.3, -0.25) is 9.35 Å². The smallest absolute Gasteiger partial charge is 0.287 e. The summed E-state index contributed by atoms with van der Waals surface area (Å²) >= 11 is 11.1. The van der Waals surface area contributed by atoms with Crippen molar-refractivity contribution in [1.29, 1.82) is 0 Å². The zero-order valence-electron chi connectivity index (χ0n) is 12.0. The predicted molar refractivity (Wildman–Crippen MR) is 92.0 cm³/mol. The Morgan fingerprint density at radius 2 is 1.71 bits per heavy atom. The molecule has 0 radical (unpaired) electrons. The summed E-state index contributed by atoms with van der Waals surface area (Å²) in [4.78, 5) is 10.5. The van der Waals surface area contributed by atoms with Crippen LogP contribution in [0.4, 0.5) is 4.39 Å². The molecule has 9 heteroatoms. The minimum Gasteiger partial charge on any atom is -0.366 e. The van der Waals surface area contributed by atoms with Crippen molar-refractivity contribution in [2.75, 3.05) is 0 Å². The van der Waals surface area contributed by atoms with E-state index in [-0.39, 0.29) is 10.6 Å². The molecule has 0 aromatic heterocycles. The lowest BCUT2D eigenvalue weighted by Crippen LogP contribution is -2.11. The maximum absolute atomic E-state index is 12.4. The molecule has 3 N–H and O–H groups in total. The van der Waals surface area contributed by atoms with Crippen molar-refractivity contribution in [3.63, 3.8) is 0 Å². The molecular formula is C15H12Cl2FNO4S. The first kappa shape index (κ1) is 20.1. The first-order valence-corrected chi connectivity index (χ1v) is 8.50. The van der Waals surface area contributed by atoms with Crippen LogP contribution in [0.1, 0.15) is 15.9 Å². The van der Waals surface area contributed by atoms with Gasteiger partial charge in [-0.05, 0) is 42.0 Å². The third kappa shape index (κ3) is 7.56. The van der Waals surface area contributed by atoms with Gasteiger partial charge in [0.25, 0.3) is 10.1 Å². The first-order chi connectivity index (χ1) is 11.1. The fourth-order valence-electron chi connectivity index (χ4n) is 1.43. The number of carbonyl (C=O) groups excluding carboxylic acids is 1. The maximum Gasteiger partial charge on any atom is 0.287 e. The molecule has 0 aliphatic carbocycles. The molecule has 0 fully saturated rings. The van der Waals surface area contributed by atoms with Gasteiger partial charge < -0.3 is 5.73 Å². The molecule has 5 nitrogen and oxygen atoms in total. The van der Waals surface area contributed by atoms with E-state index in [1.54, 1.807) is 24.3 Å². The van der Waals surface area contributed by atoms with Gasteiger partial charge in [0.2, 0.25) is 5.91 Å². The minimum absolute atomic E-state index is 0.0394. The molecular weight excluding hydrogens is 380 g/mol. The van der Waals surface area contributed by atoms with Crippen LogP contribution in [0.25, 0.3) is 6.08 Å². The quantitative estimate of drug-likeness (QED) is 0.777. The minimum atomic E-state index is -4.05. The molecule has 0 atom stereocenters. The van der Waals surface area contributed by atoms with E-state index in [1.165, 1.54) is 12.1 Å². The van der Waals surface area contributed by atoms with Gasteiger partial charge in [0.05, 0.1) is 16.0 Å². The van der Waals surface area contributed by atoms with E-state index in [9.17, 15) is 17.6 Å². The Morgan fingerprint density at radius 3 is 2.17 bits per heavy atom. The lowest BCUT2D eigenvalue weighted by molar-refractivity contribution is 0.100. The molecule has 0 spiro atoms. The number of amides is 1. The second kappa shape index (κ2) is 8.79. The highest BCUT2D eigenvalue weighted by atomic mass is 35.5. The van der Waals surface area contributed by atoms with Crippen LogP contribution in [0, 0.1) is 5.82 Å². The normalized spacial score (nSPS) is 11.0. The first-order valence-electron chi connectivity index (χ1n) is 6.24. The Hall–Kier alpha value is -1.93. The van der Waals surface area contributed by atoms with Crippen LogP contribution in [0.3, 0.4) is 0 Å². The summed E-state index contributed by atoms with van der Waals surface area (Å²) in [6, 6.07) is 9.97. The molecule has 0 aliphatic rings. The molecule has 24 heavy (non-hydrogen) atoms. The van der Waals surface area contributed by atoms with Crippen LogP contribution >= 0.6 is 23.2 Å². The highest BCUT2D eigenvalue weighted by molar-refractivity contribution is 7.88. The maximum atomic E-state index is 12.4. The molecule has 0 unspecified atom stereocenters. The summed E-state index contributed by atoms with van der Waals surface area (Å²) in [7, 11) is -4.05. The van der Waals surface area contributed by atoms with E-state index >= 15 is 0 Å². The summed E-state index contributed by atoms with van der Waals surface area (Å²) < 4.78 is 41.4. The number of rotatable bonds is 3. The fourth-order valence-corrected chi connectivity index (χ4v) is 2.14. The van der Waals surface area contributed by atoms with Gasteiger partial charge in [0, 0.05) is 5.02 Å². The van der Waals surface area contributed by atoms with Crippen molar-refractivity contribution in [2.24, 2.45) is 5.73 Å². The van der Waals surface area contributed by atoms with Gasteiger partial charge in [-0.25, -0.2) is 4.39 Å². The number of hydrogen-bond donors (Lipinski definition) is 2. The molecule has 1 amide bonds. The Balaban J connectivity index is 0.000000243. The highest BCUT2D eigenvalue weighted by Crippen LogP contribution is 2.16. The number of benzene rings is 2. The van der Waals surface area contributed by atoms with Crippen molar-refractivity contribution in [2.45, 2.75) is 0 Å². The zero-order valence-corrected chi connectivity index (χ0v) is 14.3. The number of halogens is 3. The van der Waals surface area contributed by atoms with Crippen LogP contribution in [0.15, 0.2) is 47.9 Å². The largest absolute Gasteiger partial charge is 0.366 e. The molecule has 2 rings (SSSR count). The average molecular weight is 392 g/mol. The van der Waals surface area contributed by atoms with Crippen molar-refractivity contribution in [3.8, 4) is 0 Å². The van der Waals surface area contributed by atoms with Crippen molar-refractivity contribution >= 4 is 45.3 Å². The standard InChI is InChI=1S/C8H7ClO3S.C7H5ClFNO/c9-8-3-1-7(2-4-8)5-6-13(10,11)12;8-6-3-4(9)1-2-5(6)7(10)11/h1-6H,(H,10,11,12);1-3H,(H2,10,11)/b6-5+;.